The second-order valence-corrected chi connectivity index (χ2v) is 4.34. The van der Waals surface area contributed by atoms with Crippen molar-refractivity contribution >= 4 is 5.95 Å². The Kier molecular flexibility index (Phi) is 6.70. The van der Waals surface area contributed by atoms with Gasteiger partial charge in [0.2, 0.25) is 5.95 Å². The summed E-state index contributed by atoms with van der Waals surface area (Å²) in [4.78, 5) is 4.37. The fraction of sp³-hybridized carbons (Fsp3) is 0.769. The molecule has 4 heteroatoms. The van der Waals surface area contributed by atoms with Gasteiger partial charge in [-0.05, 0) is 12.8 Å². The van der Waals surface area contributed by atoms with Crippen LogP contribution in [0.4, 0.5) is 5.95 Å². The van der Waals surface area contributed by atoms with Crippen LogP contribution in [0.2, 0.25) is 0 Å². The lowest BCUT2D eigenvalue weighted by Crippen LogP contribution is -2.17. The molecule has 17 heavy (non-hydrogen) atoms. The molecule has 1 rings (SSSR count). The summed E-state index contributed by atoms with van der Waals surface area (Å²) in [5.41, 5.74) is 0. The summed E-state index contributed by atoms with van der Waals surface area (Å²) in [7, 11) is 1.75. The van der Waals surface area contributed by atoms with E-state index in [0.717, 1.165) is 31.9 Å². The highest BCUT2D eigenvalue weighted by atomic mass is 16.5. The quantitative estimate of drug-likeness (QED) is 0.673. The lowest BCUT2D eigenvalue weighted by Gasteiger charge is -2.19. The maximum atomic E-state index is 5.28. The largest absolute Gasteiger partial charge is 0.383 e. The molecule has 0 radical (unpaired) electrons. The molecule has 1 heterocycles. The van der Waals surface area contributed by atoms with E-state index in [0.29, 0.717) is 6.04 Å². The number of rotatable bonds is 9. The average molecular weight is 239 g/mol. The van der Waals surface area contributed by atoms with Gasteiger partial charge in [0.1, 0.15) is 0 Å². The number of unbranched alkanes of at least 4 members (excludes halogenated alkanes) is 1. The van der Waals surface area contributed by atoms with Crippen LogP contribution < -0.4 is 5.32 Å². The van der Waals surface area contributed by atoms with Crippen LogP contribution in [0.1, 0.15) is 45.6 Å². The molecule has 98 valence electrons. The first kappa shape index (κ1) is 14.0. The van der Waals surface area contributed by atoms with Crippen molar-refractivity contribution in [3.05, 3.63) is 12.4 Å². The Morgan fingerprint density at radius 1 is 1.41 bits per heavy atom. The topological polar surface area (TPSA) is 39.1 Å². The molecule has 4 nitrogen and oxygen atoms in total. The number of aromatic nitrogens is 2. The molecule has 0 aliphatic rings. The average Bonchev–Trinajstić information content (AvgIpc) is 2.77. The van der Waals surface area contributed by atoms with E-state index in [1.54, 1.807) is 7.11 Å². The van der Waals surface area contributed by atoms with Gasteiger partial charge in [-0.3, -0.25) is 0 Å². The number of hydrogen-bond acceptors (Lipinski definition) is 3. The van der Waals surface area contributed by atoms with E-state index in [1.807, 2.05) is 12.4 Å². The first-order valence-electron chi connectivity index (χ1n) is 6.59. The molecule has 0 aliphatic heterocycles. The molecule has 0 fully saturated rings. The fourth-order valence-electron chi connectivity index (χ4n) is 1.95. The van der Waals surface area contributed by atoms with Crippen LogP contribution in [-0.4, -0.2) is 29.8 Å². The zero-order valence-electron chi connectivity index (χ0n) is 11.3. The SMILES string of the molecule is CCCCNc1nccn1C(CCC)COC. The Bertz CT molecular complexity index is 293. The fourth-order valence-corrected chi connectivity index (χ4v) is 1.95. The Morgan fingerprint density at radius 3 is 2.88 bits per heavy atom. The van der Waals surface area contributed by atoms with Crippen LogP contribution in [0.25, 0.3) is 0 Å². The van der Waals surface area contributed by atoms with Gasteiger partial charge in [0.15, 0.2) is 0 Å². The lowest BCUT2D eigenvalue weighted by molar-refractivity contribution is 0.151. The highest BCUT2D eigenvalue weighted by molar-refractivity contribution is 5.26. The van der Waals surface area contributed by atoms with Crippen LogP contribution in [0.5, 0.6) is 0 Å². The summed E-state index contributed by atoms with van der Waals surface area (Å²) in [6.07, 6.45) is 8.53. The predicted molar refractivity (Wildman–Crippen MR) is 71.4 cm³/mol. The number of hydrogen-bond donors (Lipinski definition) is 1. The van der Waals surface area contributed by atoms with Crippen LogP contribution in [0.15, 0.2) is 12.4 Å². The Morgan fingerprint density at radius 2 is 2.24 bits per heavy atom. The normalized spacial score (nSPS) is 12.6. The summed E-state index contributed by atoms with van der Waals surface area (Å²) >= 11 is 0. The highest BCUT2D eigenvalue weighted by Crippen LogP contribution is 2.19. The summed E-state index contributed by atoms with van der Waals surface area (Å²) in [5.74, 6) is 0.967. The van der Waals surface area contributed by atoms with Crippen LogP contribution in [0.3, 0.4) is 0 Å². The molecule has 0 aliphatic carbocycles. The minimum atomic E-state index is 0.386. The van der Waals surface area contributed by atoms with Gasteiger partial charge in [-0.15, -0.1) is 0 Å². The van der Waals surface area contributed by atoms with Crippen molar-refractivity contribution in [2.75, 3.05) is 25.6 Å². The smallest absolute Gasteiger partial charge is 0.203 e. The number of methoxy groups -OCH3 is 1. The van der Waals surface area contributed by atoms with Gasteiger partial charge in [0, 0.05) is 26.0 Å². The van der Waals surface area contributed by atoms with Gasteiger partial charge in [-0.2, -0.15) is 0 Å². The third kappa shape index (κ3) is 4.38. The summed E-state index contributed by atoms with van der Waals surface area (Å²) in [5, 5.41) is 3.39. The van der Waals surface area contributed by atoms with Crippen LogP contribution in [-0.2, 0) is 4.74 Å². The number of imidazole rings is 1. The van der Waals surface area contributed by atoms with E-state index >= 15 is 0 Å². The molecule has 0 saturated carbocycles. The van der Waals surface area contributed by atoms with Crippen LogP contribution >= 0.6 is 0 Å². The van der Waals surface area contributed by atoms with Gasteiger partial charge in [-0.25, -0.2) is 4.98 Å². The second-order valence-electron chi connectivity index (χ2n) is 4.34. The molecule has 0 amide bonds. The van der Waals surface area contributed by atoms with Gasteiger partial charge >= 0.3 is 0 Å². The van der Waals surface area contributed by atoms with Crippen LogP contribution in [0, 0.1) is 0 Å². The Labute approximate surface area is 104 Å². The first-order valence-corrected chi connectivity index (χ1v) is 6.59. The molecule has 1 aromatic rings. The van der Waals surface area contributed by atoms with Crippen molar-refractivity contribution in [1.29, 1.82) is 0 Å². The number of nitrogens with one attached hydrogen (secondary N) is 1. The third-order valence-corrected chi connectivity index (χ3v) is 2.86. The minimum Gasteiger partial charge on any atom is -0.383 e. The molecular formula is C13H25N3O. The molecule has 0 aromatic carbocycles. The van der Waals surface area contributed by atoms with E-state index in [-0.39, 0.29) is 0 Å². The van der Waals surface area contributed by atoms with Crippen molar-refractivity contribution in [3.8, 4) is 0 Å². The lowest BCUT2D eigenvalue weighted by atomic mass is 10.2. The molecule has 0 spiro atoms. The number of anilines is 1. The monoisotopic (exact) mass is 239 g/mol. The van der Waals surface area contributed by atoms with E-state index < -0.39 is 0 Å². The standard InChI is InChI=1S/C13H25N3O/c1-4-6-8-14-13-15-9-10-16(13)12(7-5-2)11-17-3/h9-10,12H,4-8,11H2,1-3H3,(H,14,15). The van der Waals surface area contributed by atoms with Crippen molar-refractivity contribution in [1.82, 2.24) is 9.55 Å². The van der Waals surface area contributed by atoms with Gasteiger partial charge in [0.25, 0.3) is 0 Å². The molecule has 1 atom stereocenters. The van der Waals surface area contributed by atoms with Gasteiger partial charge in [0.05, 0.1) is 12.6 Å². The van der Waals surface area contributed by atoms with Crippen molar-refractivity contribution in [3.63, 3.8) is 0 Å². The summed E-state index contributed by atoms with van der Waals surface area (Å²) < 4.78 is 7.48. The van der Waals surface area contributed by atoms with Gasteiger partial charge in [-0.1, -0.05) is 26.7 Å². The molecule has 1 unspecified atom stereocenters. The highest BCUT2D eigenvalue weighted by Gasteiger charge is 2.13. The third-order valence-electron chi connectivity index (χ3n) is 2.86. The molecule has 0 saturated heterocycles. The van der Waals surface area contributed by atoms with E-state index in [4.69, 9.17) is 4.74 Å². The Hall–Kier alpha value is -1.03. The summed E-state index contributed by atoms with van der Waals surface area (Å²) in [6, 6.07) is 0.386. The molecular weight excluding hydrogens is 214 g/mol. The van der Waals surface area contributed by atoms with Crippen molar-refractivity contribution in [2.24, 2.45) is 0 Å². The number of nitrogens with zero attached hydrogens (tertiary/aromatic N) is 2. The van der Waals surface area contributed by atoms with E-state index in [9.17, 15) is 0 Å². The maximum Gasteiger partial charge on any atom is 0.203 e. The molecule has 1 N–H and O–H groups in total. The molecule has 1 aromatic heterocycles. The summed E-state index contributed by atoms with van der Waals surface area (Å²) in [6.45, 7) is 6.12. The number of ether oxygens (including phenoxy) is 1. The van der Waals surface area contributed by atoms with Crippen molar-refractivity contribution < 1.29 is 4.74 Å². The van der Waals surface area contributed by atoms with E-state index in [1.165, 1.54) is 12.8 Å². The second kappa shape index (κ2) is 8.12. The zero-order valence-corrected chi connectivity index (χ0v) is 11.3. The Balaban J connectivity index is 2.63. The van der Waals surface area contributed by atoms with Crippen molar-refractivity contribution in [2.45, 2.75) is 45.6 Å². The minimum absolute atomic E-state index is 0.386. The predicted octanol–water partition coefficient (Wildman–Crippen LogP) is 3.08. The molecule has 0 bridgehead atoms. The zero-order chi connectivity index (χ0) is 12.5. The van der Waals surface area contributed by atoms with Gasteiger partial charge < -0.3 is 14.6 Å². The maximum absolute atomic E-state index is 5.28. The first-order chi connectivity index (χ1) is 8.33. The van der Waals surface area contributed by atoms with E-state index in [2.05, 4.69) is 28.7 Å².